The molecule has 1 aromatic rings. The van der Waals surface area contributed by atoms with E-state index in [1.165, 1.54) is 0 Å². The van der Waals surface area contributed by atoms with Gasteiger partial charge in [0.15, 0.2) is 0 Å². The number of para-hydroxylation sites is 1. The molecule has 0 amide bonds. The van der Waals surface area contributed by atoms with Gasteiger partial charge >= 0.3 is 5.97 Å². The number of ether oxygens (including phenoxy) is 2. The van der Waals surface area contributed by atoms with E-state index in [-0.39, 0.29) is 0 Å². The molecule has 0 aromatic heterocycles. The first-order valence-electron chi connectivity index (χ1n) is 7.03. The van der Waals surface area contributed by atoms with Crippen LogP contribution in [0.1, 0.15) is 37.8 Å². The van der Waals surface area contributed by atoms with Crippen molar-refractivity contribution < 1.29 is 19.4 Å². The standard InChI is InChI=1S/C16H20O4/c1-3-6-11-7-5-8-12-10-13(19-9-4-2)15(16(17)18)20-14(11)12/h5,7-8,10,15H,3-4,6,9H2,1-2H3,(H,17,18). The summed E-state index contributed by atoms with van der Waals surface area (Å²) in [6.07, 6.45) is 3.42. The lowest BCUT2D eigenvalue weighted by atomic mass is 10.0. The second-order valence-electron chi connectivity index (χ2n) is 4.82. The van der Waals surface area contributed by atoms with Gasteiger partial charge in [0.1, 0.15) is 11.5 Å². The Labute approximate surface area is 119 Å². The van der Waals surface area contributed by atoms with Gasteiger partial charge in [-0.1, -0.05) is 38.5 Å². The molecule has 0 fully saturated rings. The number of hydrogen-bond acceptors (Lipinski definition) is 3. The van der Waals surface area contributed by atoms with Crippen LogP contribution in [0.2, 0.25) is 0 Å². The second-order valence-corrected chi connectivity index (χ2v) is 4.82. The van der Waals surface area contributed by atoms with Crippen LogP contribution in [-0.4, -0.2) is 23.8 Å². The molecule has 0 aliphatic carbocycles. The number of fused-ring (bicyclic) bond motifs is 1. The van der Waals surface area contributed by atoms with Gasteiger partial charge in [-0.3, -0.25) is 0 Å². The summed E-state index contributed by atoms with van der Waals surface area (Å²) in [5, 5.41) is 9.31. The molecular formula is C16H20O4. The van der Waals surface area contributed by atoms with Crippen LogP contribution < -0.4 is 4.74 Å². The lowest BCUT2D eigenvalue weighted by molar-refractivity contribution is -0.145. The number of aryl methyl sites for hydroxylation is 1. The molecule has 0 radical (unpaired) electrons. The Bertz CT molecular complexity index is 519. The van der Waals surface area contributed by atoms with Crippen LogP contribution in [0.3, 0.4) is 0 Å². The van der Waals surface area contributed by atoms with E-state index in [9.17, 15) is 9.90 Å². The quantitative estimate of drug-likeness (QED) is 0.866. The maximum atomic E-state index is 11.4. The van der Waals surface area contributed by atoms with Gasteiger partial charge in [-0.25, -0.2) is 4.79 Å². The van der Waals surface area contributed by atoms with Crippen LogP contribution in [0.5, 0.6) is 5.75 Å². The second kappa shape index (κ2) is 6.46. The third-order valence-electron chi connectivity index (χ3n) is 3.14. The van der Waals surface area contributed by atoms with Crippen molar-refractivity contribution in [3.8, 4) is 5.75 Å². The smallest absolute Gasteiger partial charge is 0.352 e. The fourth-order valence-electron chi connectivity index (χ4n) is 2.24. The minimum Gasteiger partial charge on any atom is -0.493 e. The Morgan fingerprint density at radius 1 is 1.35 bits per heavy atom. The van der Waals surface area contributed by atoms with Crippen molar-refractivity contribution in [1.82, 2.24) is 0 Å². The lowest BCUT2D eigenvalue weighted by Gasteiger charge is -2.26. The zero-order valence-electron chi connectivity index (χ0n) is 11.9. The summed E-state index contributed by atoms with van der Waals surface area (Å²) in [4.78, 5) is 11.4. The molecule has 20 heavy (non-hydrogen) atoms. The van der Waals surface area contributed by atoms with Crippen LogP contribution in [0.15, 0.2) is 24.0 Å². The lowest BCUT2D eigenvalue weighted by Crippen LogP contribution is -2.33. The van der Waals surface area contributed by atoms with Crippen molar-refractivity contribution in [2.75, 3.05) is 6.61 Å². The van der Waals surface area contributed by atoms with Crippen molar-refractivity contribution in [1.29, 1.82) is 0 Å². The highest BCUT2D eigenvalue weighted by Crippen LogP contribution is 2.34. The van der Waals surface area contributed by atoms with E-state index in [0.717, 1.165) is 30.4 Å². The van der Waals surface area contributed by atoms with E-state index in [4.69, 9.17) is 9.47 Å². The Morgan fingerprint density at radius 2 is 2.15 bits per heavy atom. The minimum atomic E-state index is -1.05. The number of carboxylic acid groups (broad SMARTS) is 1. The van der Waals surface area contributed by atoms with Crippen LogP contribution in [-0.2, 0) is 16.0 Å². The number of carbonyl (C=O) groups is 1. The molecule has 0 saturated heterocycles. The molecule has 1 unspecified atom stereocenters. The average molecular weight is 276 g/mol. The first kappa shape index (κ1) is 14.4. The molecule has 1 aliphatic heterocycles. The van der Waals surface area contributed by atoms with Crippen molar-refractivity contribution in [3.05, 3.63) is 35.1 Å². The molecule has 4 nitrogen and oxygen atoms in total. The molecule has 1 atom stereocenters. The van der Waals surface area contributed by atoms with E-state index >= 15 is 0 Å². The fraction of sp³-hybridized carbons (Fsp3) is 0.438. The number of hydrogen-bond donors (Lipinski definition) is 1. The highest BCUT2D eigenvalue weighted by atomic mass is 16.6. The van der Waals surface area contributed by atoms with Gasteiger partial charge in [-0.2, -0.15) is 0 Å². The summed E-state index contributed by atoms with van der Waals surface area (Å²) in [7, 11) is 0. The van der Waals surface area contributed by atoms with E-state index in [2.05, 4.69) is 6.92 Å². The molecule has 108 valence electrons. The summed E-state index contributed by atoms with van der Waals surface area (Å²) in [5.74, 6) is 0.0235. The van der Waals surface area contributed by atoms with E-state index < -0.39 is 12.1 Å². The molecule has 0 spiro atoms. The fourth-order valence-corrected chi connectivity index (χ4v) is 2.24. The monoisotopic (exact) mass is 276 g/mol. The van der Waals surface area contributed by atoms with Crippen LogP contribution >= 0.6 is 0 Å². The largest absolute Gasteiger partial charge is 0.493 e. The van der Waals surface area contributed by atoms with Gasteiger partial charge in [-0.15, -0.1) is 0 Å². The zero-order valence-corrected chi connectivity index (χ0v) is 11.9. The molecule has 4 heteroatoms. The van der Waals surface area contributed by atoms with Gasteiger partial charge in [-0.05, 0) is 24.5 Å². The van der Waals surface area contributed by atoms with Crippen LogP contribution in [0, 0.1) is 0 Å². The molecule has 2 rings (SSSR count). The summed E-state index contributed by atoms with van der Waals surface area (Å²) in [6.45, 7) is 4.55. The molecule has 1 N–H and O–H groups in total. The zero-order chi connectivity index (χ0) is 14.5. The number of benzene rings is 1. The number of carboxylic acids is 1. The highest BCUT2D eigenvalue weighted by molar-refractivity contribution is 5.81. The maximum absolute atomic E-state index is 11.4. The molecule has 1 aliphatic rings. The van der Waals surface area contributed by atoms with Crippen molar-refractivity contribution in [2.24, 2.45) is 0 Å². The normalized spacial score (nSPS) is 16.9. The van der Waals surface area contributed by atoms with Crippen LogP contribution in [0.4, 0.5) is 0 Å². The number of aliphatic carboxylic acids is 1. The van der Waals surface area contributed by atoms with Gasteiger partial charge < -0.3 is 14.6 Å². The Morgan fingerprint density at radius 3 is 2.80 bits per heavy atom. The molecule has 1 aromatic carbocycles. The van der Waals surface area contributed by atoms with Gasteiger partial charge in [0.05, 0.1) is 6.61 Å². The molecular weight excluding hydrogens is 256 g/mol. The Balaban J connectivity index is 2.38. The molecule has 0 saturated carbocycles. The predicted octanol–water partition coefficient (Wildman–Crippen LogP) is 3.25. The van der Waals surface area contributed by atoms with Gasteiger partial charge in [0, 0.05) is 5.56 Å². The molecule has 0 bridgehead atoms. The van der Waals surface area contributed by atoms with E-state index in [0.29, 0.717) is 18.1 Å². The topological polar surface area (TPSA) is 55.8 Å². The first-order valence-corrected chi connectivity index (χ1v) is 7.03. The average Bonchev–Trinajstić information content (AvgIpc) is 2.44. The predicted molar refractivity (Wildman–Crippen MR) is 76.7 cm³/mol. The van der Waals surface area contributed by atoms with Crippen molar-refractivity contribution >= 4 is 12.0 Å². The van der Waals surface area contributed by atoms with Crippen molar-refractivity contribution in [2.45, 2.75) is 39.2 Å². The Kier molecular flexibility index (Phi) is 4.66. The van der Waals surface area contributed by atoms with E-state index in [1.807, 2.05) is 25.1 Å². The van der Waals surface area contributed by atoms with Crippen molar-refractivity contribution in [3.63, 3.8) is 0 Å². The SMILES string of the molecule is CCCOC1=Cc2cccc(CCC)c2OC1C(=O)O. The highest BCUT2D eigenvalue weighted by Gasteiger charge is 2.31. The van der Waals surface area contributed by atoms with Gasteiger partial charge in [0.2, 0.25) is 0 Å². The first-order chi connectivity index (χ1) is 9.67. The van der Waals surface area contributed by atoms with Gasteiger partial charge in [0.25, 0.3) is 6.10 Å². The number of rotatable bonds is 6. The third kappa shape index (κ3) is 2.95. The molecule has 1 heterocycles. The Hall–Kier alpha value is -1.97. The van der Waals surface area contributed by atoms with Crippen LogP contribution in [0.25, 0.3) is 6.08 Å². The summed E-state index contributed by atoms with van der Waals surface area (Å²) >= 11 is 0. The van der Waals surface area contributed by atoms with E-state index in [1.54, 1.807) is 6.08 Å². The minimum absolute atomic E-state index is 0.375. The summed E-state index contributed by atoms with van der Waals surface area (Å²) in [5.41, 5.74) is 1.93. The summed E-state index contributed by atoms with van der Waals surface area (Å²) < 4.78 is 11.2. The maximum Gasteiger partial charge on any atom is 0.352 e. The summed E-state index contributed by atoms with van der Waals surface area (Å²) in [6, 6.07) is 5.86. The third-order valence-corrected chi connectivity index (χ3v) is 3.14.